The summed E-state index contributed by atoms with van der Waals surface area (Å²) >= 11 is 0. The highest BCUT2D eigenvalue weighted by molar-refractivity contribution is 5.44. The van der Waals surface area contributed by atoms with Crippen LogP contribution in [-0.4, -0.2) is 0 Å². The molecule has 3 aliphatic carbocycles. The molecular formula is C18H24. The highest BCUT2D eigenvalue weighted by Gasteiger charge is 2.58. The lowest BCUT2D eigenvalue weighted by molar-refractivity contribution is 0.166. The van der Waals surface area contributed by atoms with Crippen LogP contribution in [0, 0.1) is 17.8 Å². The zero-order chi connectivity index (χ0) is 12.2. The summed E-state index contributed by atoms with van der Waals surface area (Å²) < 4.78 is 0. The second-order valence-electron chi connectivity index (χ2n) is 7.06. The van der Waals surface area contributed by atoms with E-state index >= 15 is 0 Å². The van der Waals surface area contributed by atoms with E-state index in [-0.39, 0.29) is 0 Å². The summed E-state index contributed by atoms with van der Waals surface area (Å²) in [5, 5.41) is 0. The van der Waals surface area contributed by atoms with Crippen molar-refractivity contribution in [2.75, 3.05) is 0 Å². The third kappa shape index (κ3) is 1.51. The molecule has 1 aromatic carbocycles. The van der Waals surface area contributed by atoms with Gasteiger partial charge in [-0.25, -0.2) is 0 Å². The van der Waals surface area contributed by atoms with Crippen LogP contribution in [0.3, 0.4) is 0 Å². The third-order valence-corrected chi connectivity index (χ3v) is 6.15. The number of aryl methyl sites for hydroxylation is 1. The number of hydrogen-bond acceptors (Lipinski definition) is 0. The van der Waals surface area contributed by atoms with Crippen LogP contribution >= 0.6 is 0 Å². The number of benzene rings is 1. The smallest absolute Gasteiger partial charge is 0.000950 e. The second kappa shape index (κ2) is 3.85. The van der Waals surface area contributed by atoms with E-state index in [1.807, 2.05) is 0 Å². The molecule has 2 unspecified atom stereocenters. The average Bonchev–Trinajstić information content (AvgIpc) is 2.92. The molecule has 4 rings (SSSR count). The molecular weight excluding hydrogens is 216 g/mol. The summed E-state index contributed by atoms with van der Waals surface area (Å²) in [5.74, 6) is 3.18. The molecule has 2 atom stereocenters. The van der Waals surface area contributed by atoms with Gasteiger partial charge < -0.3 is 0 Å². The Bertz CT molecular complexity index is 455. The van der Waals surface area contributed by atoms with Crippen LogP contribution in [0.25, 0.3) is 0 Å². The Balaban J connectivity index is 1.44. The van der Waals surface area contributed by atoms with Gasteiger partial charge >= 0.3 is 0 Å². The normalized spacial score (nSPS) is 40.6. The SMILES string of the molecule is CCC1CC(CC2CC23CCc2ccccc23)C1. The van der Waals surface area contributed by atoms with Crippen molar-refractivity contribution in [3.8, 4) is 0 Å². The molecule has 0 heteroatoms. The van der Waals surface area contributed by atoms with Gasteiger partial charge in [0, 0.05) is 0 Å². The molecule has 0 aromatic heterocycles. The first-order valence-electron chi connectivity index (χ1n) is 7.90. The van der Waals surface area contributed by atoms with E-state index < -0.39 is 0 Å². The quantitative estimate of drug-likeness (QED) is 0.717. The minimum atomic E-state index is 0.647. The maximum Gasteiger partial charge on any atom is -0.000950 e. The van der Waals surface area contributed by atoms with Crippen LogP contribution in [0.5, 0.6) is 0 Å². The van der Waals surface area contributed by atoms with Crippen LogP contribution in [0.15, 0.2) is 24.3 Å². The zero-order valence-electron chi connectivity index (χ0n) is 11.5. The predicted octanol–water partition coefficient (Wildman–Crippen LogP) is 4.72. The van der Waals surface area contributed by atoms with Gasteiger partial charge in [-0.05, 0) is 72.8 Å². The molecule has 0 aliphatic heterocycles. The predicted molar refractivity (Wildman–Crippen MR) is 75.7 cm³/mol. The molecule has 1 spiro atoms. The van der Waals surface area contributed by atoms with Gasteiger partial charge in [-0.2, -0.15) is 0 Å². The molecule has 96 valence electrons. The van der Waals surface area contributed by atoms with Crippen LogP contribution in [0.4, 0.5) is 0 Å². The van der Waals surface area contributed by atoms with Crippen molar-refractivity contribution in [3.63, 3.8) is 0 Å². The summed E-state index contributed by atoms with van der Waals surface area (Å²) in [6.45, 7) is 2.35. The molecule has 0 nitrogen and oxygen atoms in total. The van der Waals surface area contributed by atoms with Crippen LogP contribution < -0.4 is 0 Å². The first kappa shape index (κ1) is 11.1. The molecule has 18 heavy (non-hydrogen) atoms. The molecule has 3 aliphatic rings. The van der Waals surface area contributed by atoms with Gasteiger partial charge in [0.2, 0.25) is 0 Å². The Morgan fingerprint density at radius 1 is 1.17 bits per heavy atom. The Morgan fingerprint density at radius 2 is 2.00 bits per heavy atom. The van der Waals surface area contributed by atoms with E-state index in [9.17, 15) is 0 Å². The van der Waals surface area contributed by atoms with E-state index in [2.05, 4.69) is 31.2 Å². The van der Waals surface area contributed by atoms with Gasteiger partial charge in [0.1, 0.15) is 0 Å². The minimum absolute atomic E-state index is 0.647. The maximum absolute atomic E-state index is 2.41. The van der Waals surface area contributed by atoms with E-state index in [0.717, 1.165) is 17.8 Å². The fraction of sp³-hybridized carbons (Fsp3) is 0.667. The largest absolute Gasteiger partial charge is 0.0651 e. The lowest BCUT2D eigenvalue weighted by atomic mass is 9.70. The first-order valence-corrected chi connectivity index (χ1v) is 7.90. The molecule has 0 radical (unpaired) electrons. The molecule has 1 aromatic rings. The lowest BCUT2D eigenvalue weighted by Gasteiger charge is -2.35. The molecule has 0 heterocycles. The zero-order valence-corrected chi connectivity index (χ0v) is 11.5. The molecule has 2 fully saturated rings. The summed E-state index contributed by atoms with van der Waals surface area (Å²) in [5.41, 5.74) is 4.02. The molecule has 0 saturated heterocycles. The van der Waals surface area contributed by atoms with Crippen molar-refractivity contribution in [1.29, 1.82) is 0 Å². The van der Waals surface area contributed by atoms with E-state index in [1.54, 1.807) is 11.1 Å². The number of rotatable bonds is 3. The molecule has 0 amide bonds. The van der Waals surface area contributed by atoms with Crippen molar-refractivity contribution in [1.82, 2.24) is 0 Å². The number of fused-ring (bicyclic) bond motifs is 2. The van der Waals surface area contributed by atoms with Gasteiger partial charge in [0.05, 0.1) is 0 Å². The molecule has 0 bridgehead atoms. The van der Waals surface area contributed by atoms with Crippen LogP contribution in [-0.2, 0) is 11.8 Å². The maximum atomic E-state index is 2.41. The minimum Gasteiger partial charge on any atom is -0.0651 e. The van der Waals surface area contributed by atoms with E-state index in [0.29, 0.717) is 5.41 Å². The monoisotopic (exact) mass is 240 g/mol. The molecule has 2 saturated carbocycles. The first-order chi connectivity index (χ1) is 8.82. The van der Waals surface area contributed by atoms with Crippen molar-refractivity contribution >= 4 is 0 Å². The van der Waals surface area contributed by atoms with E-state index in [1.165, 1.54) is 44.9 Å². The highest BCUT2D eigenvalue weighted by Crippen LogP contribution is 2.64. The summed E-state index contributed by atoms with van der Waals surface area (Å²) in [7, 11) is 0. The van der Waals surface area contributed by atoms with Gasteiger partial charge in [-0.1, -0.05) is 37.6 Å². The third-order valence-electron chi connectivity index (χ3n) is 6.15. The van der Waals surface area contributed by atoms with Gasteiger partial charge in [-0.3, -0.25) is 0 Å². The Morgan fingerprint density at radius 3 is 2.83 bits per heavy atom. The molecule has 0 N–H and O–H groups in total. The standard InChI is InChI=1S/C18H24/c1-2-13-9-14(10-13)11-16-12-18(16)8-7-15-5-3-4-6-17(15)18/h3-6,13-14,16H,2,7-12H2,1H3. The van der Waals surface area contributed by atoms with Crippen LogP contribution in [0.1, 0.15) is 56.6 Å². The Labute approximate surface area is 111 Å². The fourth-order valence-electron chi connectivity index (χ4n) is 4.84. The highest BCUT2D eigenvalue weighted by atomic mass is 14.6. The summed E-state index contributed by atoms with van der Waals surface area (Å²) in [6, 6.07) is 9.23. The number of hydrogen-bond donors (Lipinski definition) is 0. The Kier molecular flexibility index (Phi) is 2.37. The van der Waals surface area contributed by atoms with Gasteiger partial charge in [0.25, 0.3) is 0 Å². The van der Waals surface area contributed by atoms with E-state index in [4.69, 9.17) is 0 Å². The summed E-state index contributed by atoms with van der Waals surface area (Å²) in [6.07, 6.45) is 10.3. The van der Waals surface area contributed by atoms with Crippen molar-refractivity contribution in [3.05, 3.63) is 35.4 Å². The second-order valence-corrected chi connectivity index (χ2v) is 7.06. The average molecular weight is 240 g/mol. The van der Waals surface area contributed by atoms with Crippen molar-refractivity contribution in [2.24, 2.45) is 17.8 Å². The van der Waals surface area contributed by atoms with Crippen LogP contribution in [0.2, 0.25) is 0 Å². The Hall–Kier alpha value is -0.780. The topological polar surface area (TPSA) is 0 Å². The summed E-state index contributed by atoms with van der Waals surface area (Å²) in [4.78, 5) is 0. The van der Waals surface area contributed by atoms with Crippen molar-refractivity contribution < 1.29 is 0 Å². The van der Waals surface area contributed by atoms with Gasteiger partial charge in [-0.15, -0.1) is 0 Å². The fourth-order valence-corrected chi connectivity index (χ4v) is 4.84. The van der Waals surface area contributed by atoms with Crippen molar-refractivity contribution in [2.45, 2.75) is 57.3 Å². The van der Waals surface area contributed by atoms with Gasteiger partial charge in [0.15, 0.2) is 0 Å². The lowest BCUT2D eigenvalue weighted by Crippen LogP contribution is -2.24.